The van der Waals surface area contributed by atoms with Gasteiger partial charge in [-0.05, 0) is 67.1 Å². The maximum atomic E-state index is 12.8. The van der Waals surface area contributed by atoms with E-state index in [4.69, 9.17) is 4.74 Å². The van der Waals surface area contributed by atoms with Crippen LogP contribution in [0.2, 0.25) is 0 Å². The molecule has 5 nitrogen and oxygen atoms in total. The van der Waals surface area contributed by atoms with Crippen molar-refractivity contribution in [3.63, 3.8) is 0 Å². The van der Waals surface area contributed by atoms with Gasteiger partial charge in [0.1, 0.15) is 5.82 Å². The van der Waals surface area contributed by atoms with Gasteiger partial charge in [0.25, 0.3) is 5.91 Å². The Hall–Kier alpha value is -3.02. The summed E-state index contributed by atoms with van der Waals surface area (Å²) in [7, 11) is 0. The fourth-order valence-electron chi connectivity index (χ4n) is 3.22. The Balaban J connectivity index is 1.41. The zero-order valence-electron chi connectivity index (χ0n) is 15.5. The SMILES string of the molecule is O=C(COC(=O)CCC(=O)c1ccc2c(c1)CCCC2)Nc1ccc(F)cc1. The van der Waals surface area contributed by atoms with E-state index in [1.54, 1.807) is 0 Å². The van der Waals surface area contributed by atoms with Crippen molar-refractivity contribution in [2.45, 2.75) is 38.5 Å². The summed E-state index contributed by atoms with van der Waals surface area (Å²) in [6.07, 6.45) is 4.31. The van der Waals surface area contributed by atoms with Crippen molar-refractivity contribution in [2.24, 2.45) is 0 Å². The summed E-state index contributed by atoms with van der Waals surface area (Å²) < 4.78 is 17.7. The highest BCUT2D eigenvalue weighted by molar-refractivity contribution is 5.98. The van der Waals surface area contributed by atoms with E-state index in [-0.39, 0.29) is 18.6 Å². The van der Waals surface area contributed by atoms with E-state index in [0.717, 1.165) is 19.3 Å². The molecule has 0 saturated carbocycles. The first-order valence-electron chi connectivity index (χ1n) is 9.37. The van der Waals surface area contributed by atoms with Crippen LogP contribution in [-0.2, 0) is 27.2 Å². The van der Waals surface area contributed by atoms with Crippen LogP contribution in [0.5, 0.6) is 0 Å². The number of hydrogen-bond acceptors (Lipinski definition) is 4. The third-order valence-corrected chi connectivity index (χ3v) is 4.72. The first-order chi connectivity index (χ1) is 13.5. The van der Waals surface area contributed by atoms with E-state index in [9.17, 15) is 18.8 Å². The summed E-state index contributed by atoms with van der Waals surface area (Å²) >= 11 is 0. The third kappa shape index (κ3) is 5.49. The van der Waals surface area contributed by atoms with Crippen molar-refractivity contribution in [3.8, 4) is 0 Å². The molecule has 3 rings (SSSR count). The van der Waals surface area contributed by atoms with E-state index >= 15 is 0 Å². The van der Waals surface area contributed by atoms with Crippen LogP contribution in [0.15, 0.2) is 42.5 Å². The number of hydrogen-bond donors (Lipinski definition) is 1. The Labute approximate surface area is 162 Å². The lowest BCUT2D eigenvalue weighted by Gasteiger charge is -2.16. The molecule has 0 aliphatic heterocycles. The van der Waals surface area contributed by atoms with Crippen LogP contribution in [0.3, 0.4) is 0 Å². The second-order valence-electron chi connectivity index (χ2n) is 6.83. The number of carbonyl (C=O) groups is 3. The molecule has 6 heteroatoms. The Morgan fingerprint density at radius 1 is 0.929 bits per heavy atom. The average Bonchev–Trinajstić information content (AvgIpc) is 2.71. The number of carbonyl (C=O) groups excluding carboxylic acids is 3. The summed E-state index contributed by atoms with van der Waals surface area (Å²) in [4.78, 5) is 35.9. The predicted molar refractivity (Wildman–Crippen MR) is 103 cm³/mol. The molecule has 2 aromatic carbocycles. The van der Waals surface area contributed by atoms with Crippen molar-refractivity contribution in [1.82, 2.24) is 0 Å². The van der Waals surface area contributed by atoms with Gasteiger partial charge in [-0.25, -0.2) is 4.39 Å². The zero-order chi connectivity index (χ0) is 19.9. The molecule has 0 heterocycles. The second kappa shape index (κ2) is 9.26. The molecule has 28 heavy (non-hydrogen) atoms. The standard InChI is InChI=1S/C22H22FNO4/c23-18-7-9-19(10-8-18)24-21(26)14-28-22(27)12-11-20(25)17-6-5-15-3-1-2-4-16(15)13-17/h5-10,13H,1-4,11-12,14H2,(H,24,26). The molecule has 0 fully saturated rings. The van der Waals surface area contributed by atoms with Gasteiger partial charge in [0.2, 0.25) is 0 Å². The molecule has 1 aliphatic rings. The number of ether oxygens (including phenoxy) is 1. The summed E-state index contributed by atoms with van der Waals surface area (Å²) in [6.45, 7) is -0.455. The number of fused-ring (bicyclic) bond motifs is 1. The highest BCUT2D eigenvalue weighted by Gasteiger charge is 2.15. The van der Waals surface area contributed by atoms with Crippen molar-refractivity contribution in [3.05, 3.63) is 65.0 Å². The number of aryl methyl sites for hydroxylation is 2. The topological polar surface area (TPSA) is 72.5 Å². The minimum absolute atomic E-state index is 0.0389. The molecule has 0 bridgehead atoms. The first-order valence-corrected chi connectivity index (χ1v) is 9.37. The van der Waals surface area contributed by atoms with Crippen LogP contribution in [0, 0.1) is 5.82 Å². The molecule has 146 valence electrons. The molecule has 1 N–H and O–H groups in total. The van der Waals surface area contributed by atoms with Gasteiger partial charge in [0.05, 0.1) is 6.42 Å². The van der Waals surface area contributed by atoms with Gasteiger partial charge >= 0.3 is 5.97 Å². The number of halogens is 1. The molecule has 2 aromatic rings. The van der Waals surface area contributed by atoms with Crippen LogP contribution < -0.4 is 5.32 Å². The second-order valence-corrected chi connectivity index (χ2v) is 6.83. The van der Waals surface area contributed by atoms with Crippen LogP contribution in [0.1, 0.15) is 47.2 Å². The van der Waals surface area contributed by atoms with E-state index in [1.807, 2.05) is 18.2 Å². The Kier molecular flexibility index (Phi) is 6.53. The highest BCUT2D eigenvalue weighted by atomic mass is 19.1. The van der Waals surface area contributed by atoms with E-state index in [0.29, 0.717) is 11.3 Å². The molecular weight excluding hydrogens is 361 g/mol. The minimum Gasteiger partial charge on any atom is -0.456 e. The number of esters is 1. The number of nitrogens with one attached hydrogen (secondary N) is 1. The lowest BCUT2D eigenvalue weighted by Crippen LogP contribution is -2.21. The number of amides is 1. The minimum atomic E-state index is -0.611. The van der Waals surface area contributed by atoms with E-state index < -0.39 is 24.3 Å². The lowest BCUT2D eigenvalue weighted by molar-refractivity contribution is -0.147. The largest absolute Gasteiger partial charge is 0.456 e. The normalized spacial score (nSPS) is 12.8. The van der Waals surface area contributed by atoms with Gasteiger partial charge in [0.15, 0.2) is 12.4 Å². The summed E-state index contributed by atoms with van der Waals surface area (Å²) in [6, 6.07) is 11.0. The molecule has 0 spiro atoms. The zero-order valence-corrected chi connectivity index (χ0v) is 15.5. The lowest BCUT2D eigenvalue weighted by atomic mass is 9.89. The van der Waals surface area contributed by atoms with Crippen LogP contribution in [-0.4, -0.2) is 24.3 Å². The molecule has 1 amide bonds. The van der Waals surface area contributed by atoms with Crippen LogP contribution in [0.4, 0.5) is 10.1 Å². The van der Waals surface area contributed by atoms with Gasteiger partial charge < -0.3 is 10.1 Å². The number of anilines is 1. The highest BCUT2D eigenvalue weighted by Crippen LogP contribution is 2.23. The number of Topliss-reactive ketones (excluding diaryl/α,β-unsaturated/α-hetero) is 1. The van der Waals surface area contributed by atoms with Gasteiger partial charge in [-0.3, -0.25) is 14.4 Å². The molecule has 0 unspecified atom stereocenters. The first kappa shape index (κ1) is 19.7. The maximum absolute atomic E-state index is 12.8. The van der Waals surface area contributed by atoms with Crippen molar-refractivity contribution < 1.29 is 23.5 Å². The smallest absolute Gasteiger partial charge is 0.306 e. The van der Waals surface area contributed by atoms with Gasteiger partial charge in [-0.1, -0.05) is 12.1 Å². The molecule has 0 atom stereocenters. The van der Waals surface area contributed by atoms with Gasteiger partial charge in [-0.2, -0.15) is 0 Å². The number of rotatable bonds is 7. The molecule has 0 saturated heterocycles. The van der Waals surface area contributed by atoms with Crippen molar-refractivity contribution in [2.75, 3.05) is 11.9 Å². The van der Waals surface area contributed by atoms with Crippen molar-refractivity contribution >= 4 is 23.3 Å². The maximum Gasteiger partial charge on any atom is 0.306 e. The van der Waals surface area contributed by atoms with E-state index in [1.165, 1.54) is 41.8 Å². The molecule has 1 aliphatic carbocycles. The van der Waals surface area contributed by atoms with Crippen molar-refractivity contribution in [1.29, 1.82) is 0 Å². The molecular formula is C22H22FNO4. The fraction of sp³-hybridized carbons (Fsp3) is 0.318. The molecule has 0 radical (unpaired) electrons. The van der Waals surface area contributed by atoms with Gasteiger partial charge in [-0.15, -0.1) is 0 Å². The summed E-state index contributed by atoms with van der Waals surface area (Å²) in [5, 5.41) is 2.49. The predicted octanol–water partition coefficient (Wildman–Crippen LogP) is 3.85. The van der Waals surface area contributed by atoms with E-state index in [2.05, 4.69) is 5.32 Å². The van der Waals surface area contributed by atoms with Crippen LogP contribution >= 0.6 is 0 Å². The average molecular weight is 383 g/mol. The monoisotopic (exact) mass is 383 g/mol. The summed E-state index contributed by atoms with van der Waals surface area (Å²) in [5.74, 6) is -1.66. The third-order valence-electron chi connectivity index (χ3n) is 4.72. The molecule has 0 aromatic heterocycles. The van der Waals surface area contributed by atoms with Gasteiger partial charge in [0, 0.05) is 17.7 Å². The Morgan fingerprint density at radius 3 is 2.39 bits per heavy atom. The fourth-order valence-corrected chi connectivity index (χ4v) is 3.22. The Bertz CT molecular complexity index is 877. The number of benzene rings is 2. The summed E-state index contributed by atoms with van der Waals surface area (Å²) in [5.41, 5.74) is 3.54. The van der Waals surface area contributed by atoms with Crippen LogP contribution in [0.25, 0.3) is 0 Å². The number of ketones is 1. The quantitative estimate of drug-likeness (QED) is 0.582. The Morgan fingerprint density at radius 2 is 1.64 bits per heavy atom.